The minimum atomic E-state index is -0.456. The maximum absolute atomic E-state index is 12.1. The predicted molar refractivity (Wildman–Crippen MR) is 159 cm³/mol. The summed E-state index contributed by atoms with van der Waals surface area (Å²) in [4.78, 5) is 45.0. The van der Waals surface area contributed by atoms with Gasteiger partial charge in [-0.3, -0.25) is 4.98 Å². The normalized spacial score (nSPS) is 19.2. The van der Waals surface area contributed by atoms with Crippen LogP contribution in [0.15, 0.2) is 37.1 Å². The molecule has 2 aliphatic rings. The molecule has 4 rings (SSSR count). The average molecular weight is 593 g/mol. The first-order valence-electron chi connectivity index (χ1n) is 13.8. The van der Waals surface area contributed by atoms with Crippen molar-refractivity contribution >= 4 is 29.6 Å². The summed E-state index contributed by atoms with van der Waals surface area (Å²) in [6, 6.07) is 2.26. The number of aromatic nitrogens is 4. The number of hydrogen-bond acceptors (Lipinski definition) is 10. The van der Waals surface area contributed by atoms with Crippen LogP contribution in [0.4, 0.5) is 15.4 Å². The number of hydrogen-bond donors (Lipinski definition) is 1. The molecule has 0 saturated carbocycles. The second-order valence-corrected chi connectivity index (χ2v) is 12.2. The van der Waals surface area contributed by atoms with E-state index >= 15 is 0 Å². The van der Waals surface area contributed by atoms with E-state index in [1.54, 1.807) is 46.9 Å². The fourth-order valence-electron chi connectivity index (χ4n) is 3.94. The van der Waals surface area contributed by atoms with Crippen LogP contribution in [0.25, 0.3) is 0 Å². The number of ether oxygens (including phenoxy) is 2. The van der Waals surface area contributed by atoms with Crippen LogP contribution in [0.1, 0.15) is 55.4 Å². The molecule has 2 aliphatic heterocycles. The second-order valence-electron chi connectivity index (χ2n) is 11.8. The topological polar surface area (TPSA) is 126 Å². The van der Waals surface area contributed by atoms with Crippen LogP contribution in [-0.4, -0.2) is 104 Å². The number of carbonyl (C=O) groups excluding carboxylic acids is 2. The largest absolute Gasteiger partial charge is 0.444 e. The van der Waals surface area contributed by atoms with E-state index < -0.39 is 11.2 Å². The third-order valence-corrected chi connectivity index (χ3v) is 5.87. The Labute approximate surface area is 248 Å². The summed E-state index contributed by atoms with van der Waals surface area (Å²) in [5, 5.41) is 3.57. The maximum atomic E-state index is 12.1. The molecule has 0 aliphatic carbocycles. The van der Waals surface area contributed by atoms with Gasteiger partial charge in [0.15, 0.2) is 0 Å². The van der Waals surface area contributed by atoms with Gasteiger partial charge in [-0.1, -0.05) is 0 Å². The van der Waals surface area contributed by atoms with E-state index in [2.05, 4.69) is 44.0 Å². The first kappa shape index (κ1) is 34.0. The summed E-state index contributed by atoms with van der Waals surface area (Å²) < 4.78 is 10.7. The monoisotopic (exact) mass is 592 g/mol. The third kappa shape index (κ3) is 13.3. The molecule has 2 amide bonds. The fourth-order valence-corrected chi connectivity index (χ4v) is 4.05. The molecule has 12 nitrogen and oxygen atoms in total. The summed E-state index contributed by atoms with van der Waals surface area (Å²) in [5.74, 6) is 0.851. The van der Waals surface area contributed by atoms with Gasteiger partial charge in [-0.15, -0.1) is 0 Å². The van der Waals surface area contributed by atoms with Crippen LogP contribution in [0.5, 0.6) is 0 Å². The Bertz CT molecular complexity index is 1070. The lowest BCUT2D eigenvalue weighted by atomic mass is 10.2. The van der Waals surface area contributed by atoms with Crippen molar-refractivity contribution in [1.82, 2.24) is 35.1 Å². The SMILES string of the molecule is C[C@H]1CN(C(=O)OC(C)(C)C)CCN1.C[C@H]1CN(C(=O)OC(C)(C)C)CCN1c1cnccn1.Clc1ncccn1. The zero-order valence-electron chi connectivity index (χ0n) is 25.5. The van der Waals surface area contributed by atoms with E-state index in [-0.39, 0.29) is 18.2 Å². The van der Waals surface area contributed by atoms with Gasteiger partial charge in [0, 0.05) is 76.1 Å². The Morgan fingerprint density at radius 2 is 1.44 bits per heavy atom. The number of amides is 2. The standard InChI is InChI=1S/C14H22N4O2.C10H20N2O2.C4H3ClN2/c1-11-10-17(13(19)20-14(2,3)4)7-8-18(11)12-9-15-5-6-16-12;1-8-7-12(6-5-11-8)9(13)14-10(2,3)4;5-4-6-2-1-3-7-4/h5-6,9,11H,7-8,10H2,1-4H3;8,11H,5-7H2,1-4H3;1-3H/t11-;8-;/m00./s1. The molecule has 2 aromatic rings. The Hall–Kier alpha value is -3.25. The first-order valence-corrected chi connectivity index (χ1v) is 14.2. The number of anilines is 1. The third-order valence-electron chi connectivity index (χ3n) is 5.68. The van der Waals surface area contributed by atoms with Gasteiger partial charge in [0.05, 0.1) is 6.20 Å². The summed E-state index contributed by atoms with van der Waals surface area (Å²) in [6.07, 6.45) is 7.83. The summed E-state index contributed by atoms with van der Waals surface area (Å²) in [6.45, 7) is 19.7. The molecule has 0 radical (unpaired) electrons. The molecule has 1 N–H and O–H groups in total. The lowest BCUT2D eigenvalue weighted by Gasteiger charge is -2.40. The highest BCUT2D eigenvalue weighted by atomic mass is 35.5. The lowest BCUT2D eigenvalue weighted by molar-refractivity contribution is 0.0197. The summed E-state index contributed by atoms with van der Waals surface area (Å²) in [5.41, 5.74) is -0.854. The van der Waals surface area contributed by atoms with E-state index in [4.69, 9.17) is 21.1 Å². The number of nitrogens with one attached hydrogen (secondary N) is 1. The Balaban J connectivity index is 0.000000241. The van der Waals surface area contributed by atoms with Gasteiger partial charge in [0.1, 0.15) is 17.0 Å². The average Bonchev–Trinajstić information content (AvgIpc) is 2.88. The molecule has 2 saturated heterocycles. The van der Waals surface area contributed by atoms with Crippen molar-refractivity contribution in [2.24, 2.45) is 0 Å². The van der Waals surface area contributed by atoms with Crippen LogP contribution in [0.2, 0.25) is 5.28 Å². The van der Waals surface area contributed by atoms with Gasteiger partial charge >= 0.3 is 12.2 Å². The molecule has 0 spiro atoms. The van der Waals surface area contributed by atoms with Crippen LogP contribution < -0.4 is 10.2 Å². The van der Waals surface area contributed by atoms with Gasteiger partial charge in [0.25, 0.3) is 0 Å². The Morgan fingerprint density at radius 3 is 1.88 bits per heavy atom. The van der Waals surface area contributed by atoms with Gasteiger partial charge in [0.2, 0.25) is 5.28 Å². The van der Waals surface area contributed by atoms with Crippen LogP contribution in [-0.2, 0) is 9.47 Å². The van der Waals surface area contributed by atoms with E-state index in [1.807, 2.05) is 41.5 Å². The highest BCUT2D eigenvalue weighted by Gasteiger charge is 2.30. The second kappa shape index (κ2) is 15.7. The van der Waals surface area contributed by atoms with Crippen molar-refractivity contribution in [3.05, 3.63) is 42.3 Å². The smallest absolute Gasteiger partial charge is 0.410 e. The molecular formula is C28H45ClN8O4. The van der Waals surface area contributed by atoms with Crippen LogP contribution >= 0.6 is 11.6 Å². The summed E-state index contributed by atoms with van der Waals surface area (Å²) >= 11 is 5.32. The van der Waals surface area contributed by atoms with Gasteiger partial charge < -0.3 is 29.5 Å². The number of rotatable bonds is 1. The minimum absolute atomic E-state index is 0.188. The molecule has 0 aromatic carbocycles. The molecule has 13 heteroatoms. The van der Waals surface area contributed by atoms with Gasteiger partial charge in [-0.2, -0.15) is 0 Å². The lowest BCUT2D eigenvalue weighted by Crippen LogP contribution is -2.54. The number of carbonyl (C=O) groups is 2. The Kier molecular flexibility index (Phi) is 13.0. The van der Waals surface area contributed by atoms with E-state index in [9.17, 15) is 9.59 Å². The number of halogens is 1. The maximum Gasteiger partial charge on any atom is 0.410 e. The van der Waals surface area contributed by atoms with Crippen molar-refractivity contribution < 1.29 is 19.1 Å². The molecule has 4 heterocycles. The quantitative estimate of drug-likeness (QED) is 0.480. The highest BCUT2D eigenvalue weighted by molar-refractivity contribution is 6.28. The molecule has 0 bridgehead atoms. The molecule has 0 unspecified atom stereocenters. The molecule has 2 atom stereocenters. The van der Waals surface area contributed by atoms with Crippen molar-refractivity contribution in [1.29, 1.82) is 0 Å². The molecular weight excluding hydrogens is 548 g/mol. The number of piperazine rings is 2. The zero-order valence-corrected chi connectivity index (χ0v) is 26.3. The molecule has 228 valence electrons. The van der Waals surface area contributed by atoms with E-state index in [1.165, 1.54) is 0 Å². The zero-order chi connectivity index (χ0) is 30.6. The predicted octanol–water partition coefficient (Wildman–Crippen LogP) is 4.27. The van der Waals surface area contributed by atoms with Crippen molar-refractivity contribution in [3.8, 4) is 0 Å². The highest BCUT2D eigenvalue weighted by Crippen LogP contribution is 2.19. The van der Waals surface area contributed by atoms with Crippen LogP contribution in [0, 0.1) is 0 Å². The summed E-state index contributed by atoms with van der Waals surface area (Å²) in [7, 11) is 0. The molecule has 41 heavy (non-hydrogen) atoms. The fraction of sp³-hybridized carbons (Fsp3) is 0.643. The first-order chi connectivity index (χ1) is 19.1. The van der Waals surface area contributed by atoms with Crippen molar-refractivity contribution in [2.75, 3.05) is 44.2 Å². The minimum Gasteiger partial charge on any atom is -0.444 e. The molecule has 2 aromatic heterocycles. The van der Waals surface area contributed by atoms with E-state index in [0.29, 0.717) is 24.4 Å². The van der Waals surface area contributed by atoms with Crippen LogP contribution in [0.3, 0.4) is 0 Å². The Morgan fingerprint density at radius 1 is 0.854 bits per heavy atom. The van der Waals surface area contributed by atoms with Crippen molar-refractivity contribution in [2.45, 2.75) is 78.7 Å². The van der Waals surface area contributed by atoms with Gasteiger partial charge in [-0.05, 0) is 73.1 Å². The molecule has 2 fully saturated rings. The van der Waals surface area contributed by atoms with Gasteiger partial charge in [-0.25, -0.2) is 24.5 Å². The van der Waals surface area contributed by atoms with Crippen molar-refractivity contribution in [3.63, 3.8) is 0 Å². The van der Waals surface area contributed by atoms with E-state index in [0.717, 1.165) is 32.0 Å². The number of nitrogens with zero attached hydrogens (tertiary/aromatic N) is 7.